The summed E-state index contributed by atoms with van der Waals surface area (Å²) >= 11 is 0. The van der Waals surface area contributed by atoms with E-state index in [0.717, 1.165) is 10.5 Å². The van der Waals surface area contributed by atoms with Crippen molar-refractivity contribution in [2.45, 2.75) is 44.9 Å². The summed E-state index contributed by atoms with van der Waals surface area (Å²) in [4.78, 5) is 15.6. The lowest BCUT2D eigenvalue weighted by molar-refractivity contribution is -0.896. The molecule has 1 aliphatic rings. The van der Waals surface area contributed by atoms with Crippen LogP contribution in [0.15, 0.2) is 29.2 Å². The van der Waals surface area contributed by atoms with Crippen molar-refractivity contribution in [1.29, 1.82) is 0 Å². The second-order valence-corrected chi connectivity index (χ2v) is 10.1. The highest BCUT2D eigenvalue weighted by Crippen LogP contribution is 2.24. The molecule has 27 heavy (non-hydrogen) atoms. The van der Waals surface area contributed by atoms with Crippen molar-refractivity contribution in [2.24, 2.45) is 0 Å². The Morgan fingerprint density at radius 1 is 1.07 bits per heavy atom. The van der Waals surface area contributed by atoms with Gasteiger partial charge in [-0.2, -0.15) is 4.31 Å². The molecule has 0 radical (unpaired) electrons. The van der Waals surface area contributed by atoms with Crippen molar-refractivity contribution >= 4 is 15.9 Å². The fraction of sp³-hybridized carbons (Fsp3) is 0.650. The van der Waals surface area contributed by atoms with Gasteiger partial charge in [0.2, 0.25) is 10.0 Å². The number of rotatable bonds is 6. The number of likely N-dealkylation sites (N-methyl/N-ethyl adjacent to an activating group) is 1. The molecule has 0 bridgehead atoms. The molecule has 0 aliphatic carbocycles. The van der Waals surface area contributed by atoms with E-state index in [1.807, 2.05) is 30.9 Å². The van der Waals surface area contributed by atoms with Gasteiger partial charge in [-0.05, 0) is 37.0 Å². The summed E-state index contributed by atoms with van der Waals surface area (Å²) in [5.74, 6) is 0.143. The number of nitrogens with one attached hydrogen (secondary N) is 1. The fourth-order valence-corrected chi connectivity index (χ4v) is 4.84. The van der Waals surface area contributed by atoms with E-state index in [4.69, 9.17) is 0 Å². The first kappa shape index (κ1) is 21.9. The molecule has 1 heterocycles. The lowest BCUT2D eigenvalue weighted by Gasteiger charge is -2.32. The minimum absolute atomic E-state index is 0.00528. The van der Waals surface area contributed by atoms with Gasteiger partial charge in [0, 0.05) is 13.1 Å². The monoisotopic (exact) mass is 396 g/mol. The van der Waals surface area contributed by atoms with Gasteiger partial charge in [-0.25, -0.2) is 8.42 Å². The third kappa shape index (κ3) is 5.30. The second-order valence-electron chi connectivity index (χ2n) is 8.17. The maximum atomic E-state index is 12.9. The summed E-state index contributed by atoms with van der Waals surface area (Å²) in [7, 11) is -3.48. The van der Waals surface area contributed by atoms with Gasteiger partial charge in [-0.1, -0.05) is 32.9 Å². The minimum Gasteiger partial charge on any atom is -0.338 e. The molecule has 7 heteroatoms. The number of hydrogen-bond acceptors (Lipinski definition) is 3. The molecule has 0 unspecified atom stereocenters. The first-order valence-corrected chi connectivity index (χ1v) is 11.3. The lowest BCUT2D eigenvalue weighted by Crippen LogP contribution is -3.15. The van der Waals surface area contributed by atoms with Gasteiger partial charge >= 0.3 is 0 Å². The summed E-state index contributed by atoms with van der Waals surface area (Å²) in [5.41, 5.74) is 1.11. The second kappa shape index (κ2) is 8.71. The minimum atomic E-state index is -3.48. The van der Waals surface area contributed by atoms with Crippen LogP contribution in [0.1, 0.15) is 40.2 Å². The van der Waals surface area contributed by atoms with Crippen LogP contribution in [0.5, 0.6) is 0 Å². The van der Waals surface area contributed by atoms with E-state index in [9.17, 15) is 13.2 Å². The molecular weight excluding hydrogens is 362 g/mol. The van der Waals surface area contributed by atoms with Gasteiger partial charge < -0.3 is 9.80 Å². The number of quaternary nitrogens is 1. The first-order valence-electron chi connectivity index (χ1n) is 9.81. The van der Waals surface area contributed by atoms with E-state index >= 15 is 0 Å². The number of sulfonamides is 1. The van der Waals surface area contributed by atoms with E-state index in [1.165, 1.54) is 0 Å². The van der Waals surface area contributed by atoms with Crippen LogP contribution in [0.25, 0.3) is 0 Å². The Morgan fingerprint density at radius 2 is 1.59 bits per heavy atom. The highest BCUT2D eigenvalue weighted by molar-refractivity contribution is 7.89. The van der Waals surface area contributed by atoms with Gasteiger partial charge in [-0.3, -0.25) is 4.79 Å². The summed E-state index contributed by atoms with van der Waals surface area (Å²) in [5, 5.41) is 0. The van der Waals surface area contributed by atoms with Crippen LogP contribution in [-0.4, -0.2) is 69.3 Å². The Balaban J connectivity index is 1.99. The van der Waals surface area contributed by atoms with Gasteiger partial charge in [0.05, 0.1) is 31.1 Å². The van der Waals surface area contributed by atoms with Gasteiger partial charge in [-0.15, -0.1) is 0 Å². The van der Waals surface area contributed by atoms with Crippen LogP contribution >= 0.6 is 0 Å². The van der Waals surface area contributed by atoms with Crippen molar-refractivity contribution in [1.82, 2.24) is 9.21 Å². The number of carbonyl (C=O) groups is 1. The number of piperazine rings is 1. The Kier molecular flexibility index (Phi) is 7.05. The molecule has 0 aromatic heterocycles. The number of amides is 1. The molecule has 2 rings (SSSR count). The largest absolute Gasteiger partial charge is 0.338 e. The summed E-state index contributed by atoms with van der Waals surface area (Å²) in [6, 6.07) is 7.21. The SMILES string of the molecule is CCN(CC)C(=O)C[NH+]1CCN(S(=O)(=O)c2ccc(C(C)(C)C)cc2)CC1. The number of benzene rings is 1. The smallest absolute Gasteiger partial charge is 0.277 e. The molecule has 1 N–H and O–H groups in total. The zero-order valence-corrected chi connectivity index (χ0v) is 18.1. The predicted octanol–water partition coefficient (Wildman–Crippen LogP) is 0.742. The van der Waals surface area contributed by atoms with Gasteiger partial charge in [0.15, 0.2) is 6.54 Å². The van der Waals surface area contributed by atoms with Gasteiger partial charge in [0.25, 0.3) is 5.91 Å². The van der Waals surface area contributed by atoms with Crippen LogP contribution in [0.3, 0.4) is 0 Å². The zero-order valence-electron chi connectivity index (χ0n) is 17.3. The maximum Gasteiger partial charge on any atom is 0.277 e. The van der Waals surface area contributed by atoms with E-state index in [-0.39, 0.29) is 11.3 Å². The Labute approximate surface area is 164 Å². The van der Waals surface area contributed by atoms with Gasteiger partial charge in [0.1, 0.15) is 0 Å². The molecule has 1 fully saturated rings. The van der Waals surface area contributed by atoms with Crippen molar-refractivity contribution in [2.75, 3.05) is 45.8 Å². The Morgan fingerprint density at radius 3 is 2.04 bits per heavy atom. The first-order chi connectivity index (χ1) is 12.6. The molecule has 1 aliphatic heterocycles. The lowest BCUT2D eigenvalue weighted by atomic mass is 9.87. The summed E-state index contributed by atoms with van der Waals surface area (Å²) < 4.78 is 27.4. The quantitative estimate of drug-likeness (QED) is 0.772. The summed E-state index contributed by atoms with van der Waals surface area (Å²) in [6.45, 7) is 14.4. The Bertz CT molecular complexity index is 727. The number of carbonyl (C=O) groups excluding carboxylic acids is 1. The third-order valence-electron chi connectivity index (χ3n) is 5.31. The maximum absolute atomic E-state index is 12.9. The van der Waals surface area contributed by atoms with Crippen LogP contribution < -0.4 is 4.90 Å². The number of nitrogens with zero attached hydrogens (tertiary/aromatic N) is 2. The zero-order chi connectivity index (χ0) is 20.2. The molecule has 1 aromatic carbocycles. The van der Waals surface area contributed by atoms with Crippen molar-refractivity contribution in [3.8, 4) is 0 Å². The average molecular weight is 397 g/mol. The summed E-state index contributed by atoms with van der Waals surface area (Å²) in [6.07, 6.45) is 0. The van der Waals surface area contributed by atoms with Crippen LogP contribution in [0.2, 0.25) is 0 Å². The van der Waals surface area contributed by atoms with E-state index in [0.29, 0.717) is 50.7 Å². The van der Waals surface area contributed by atoms with E-state index in [1.54, 1.807) is 16.4 Å². The van der Waals surface area contributed by atoms with Crippen molar-refractivity contribution in [3.05, 3.63) is 29.8 Å². The molecular formula is C20H34N3O3S+. The molecule has 1 amide bonds. The third-order valence-corrected chi connectivity index (χ3v) is 7.22. The standard InChI is InChI=1S/C20H33N3O3S/c1-6-22(7-2)19(24)16-21-12-14-23(15-13-21)27(25,26)18-10-8-17(9-11-18)20(3,4)5/h8-11H,6-7,12-16H2,1-5H3/p+1. The molecule has 1 saturated heterocycles. The van der Waals surface area contributed by atoms with E-state index in [2.05, 4.69) is 20.8 Å². The van der Waals surface area contributed by atoms with Crippen LogP contribution in [0, 0.1) is 0 Å². The van der Waals surface area contributed by atoms with Crippen LogP contribution in [0.4, 0.5) is 0 Å². The predicted molar refractivity (Wildman–Crippen MR) is 107 cm³/mol. The normalized spacial score (nSPS) is 17.1. The molecule has 0 spiro atoms. The molecule has 6 nitrogen and oxygen atoms in total. The highest BCUT2D eigenvalue weighted by atomic mass is 32.2. The van der Waals surface area contributed by atoms with Crippen LogP contribution in [-0.2, 0) is 20.2 Å². The fourth-order valence-electron chi connectivity index (χ4n) is 3.40. The van der Waals surface area contributed by atoms with E-state index < -0.39 is 10.0 Å². The highest BCUT2D eigenvalue weighted by Gasteiger charge is 2.31. The molecule has 152 valence electrons. The van der Waals surface area contributed by atoms with Crippen molar-refractivity contribution < 1.29 is 18.1 Å². The topological polar surface area (TPSA) is 62.1 Å². The van der Waals surface area contributed by atoms with Crippen molar-refractivity contribution in [3.63, 3.8) is 0 Å². The molecule has 1 aromatic rings. The molecule has 0 atom stereocenters. The average Bonchev–Trinajstić information content (AvgIpc) is 2.62. The Hall–Kier alpha value is -1.44. The number of hydrogen-bond donors (Lipinski definition) is 1. The molecule has 0 saturated carbocycles.